The van der Waals surface area contributed by atoms with Crippen LogP contribution in [0.3, 0.4) is 0 Å². The maximum Gasteiger partial charge on any atom is 0.316 e. The molecule has 1 unspecified atom stereocenters. The molecule has 0 fully saturated rings. The van der Waals surface area contributed by atoms with Crippen molar-refractivity contribution in [2.45, 2.75) is 26.7 Å². The number of Topliss-reactive ketones (excluding diaryl/α,β-unsaturated/α-hetero) is 1. The van der Waals surface area contributed by atoms with E-state index in [2.05, 4.69) is 0 Å². The first kappa shape index (κ1) is 12.9. The van der Waals surface area contributed by atoms with Crippen molar-refractivity contribution in [2.24, 2.45) is 5.92 Å². The van der Waals surface area contributed by atoms with E-state index in [1.165, 1.54) is 11.3 Å². The van der Waals surface area contributed by atoms with Crippen LogP contribution in [-0.4, -0.2) is 18.4 Å². The van der Waals surface area contributed by atoms with Crippen LogP contribution in [0.2, 0.25) is 0 Å². The molecule has 0 spiro atoms. The summed E-state index contributed by atoms with van der Waals surface area (Å²) in [6.45, 7) is 4.02. The zero-order valence-electron chi connectivity index (χ0n) is 9.56. The van der Waals surface area contributed by atoms with E-state index in [1.54, 1.807) is 13.0 Å². The highest BCUT2D eigenvalue weighted by Crippen LogP contribution is 2.19. The average Bonchev–Trinajstić information content (AvgIpc) is 2.78. The largest absolute Gasteiger partial charge is 0.465 e. The Bertz CT molecular complexity index is 343. The number of carbonyl (C=O) groups is 2. The highest BCUT2D eigenvalue weighted by Gasteiger charge is 2.28. The fourth-order valence-corrected chi connectivity index (χ4v) is 2.20. The van der Waals surface area contributed by atoms with Crippen molar-refractivity contribution in [2.75, 3.05) is 6.61 Å². The van der Waals surface area contributed by atoms with E-state index in [1.807, 2.05) is 18.4 Å². The van der Waals surface area contributed by atoms with Crippen molar-refractivity contribution in [1.29, 1.82) is 0 Å². The molecule has 0 saturated carbocycles. The standard InChI is InChI=1S/C12H16O3S/c1-3-6-9(12(14)15-4-2)11(13)10-7-5-8-16-10/h5,7-9H,3-4,6H2,1-2H3. The summed E-state index contributed by atoms with van der Waals surface area (Å²) in [4.78, 5) is 24.3. The van der Waals surface area contributed by atoms with Crippen molar-refractivity contribution in [3.8, 4) is 0 Å². The molecule has 0 saturated heterocycles. The molecule has 16 heavy (non-hydrogen) atoms. The van der Waals surface area contributed by atoms with Crippen molar-refractivity contribution >= 4 is 23.1 Å². The molecule has 3 nitrogen and oxygen atoms in total. The van der Waals surface area contributed by atoms with Crippen LogP contribution < -0.4 is 0 Å². The van der Waals surface area contributed by atoms with E-state index in [9.17, 15) is 9.59 Å². The third kappa shape index (κ3) is 3.17. The molecule has 1 aromatic heterocycles. The summed E-state index contributed by atoms with van der Waals surface area (Å²) in [7, 11) is 0. The minimum Gasteiger partial charge on any atom is -0.465 e. The summed E-state index contributed by atoms with van der Waals surface area (Å²) in [5, 5.41) is 1.83. The summed E-state index contributed by atoms with van der Waals surface area (Å²) < 4.78 is 4.92. The van der Waals surface area contributed by atoms with Gasteiger partial charge in [0.15, 0.2) is 5.78 Å². The molecular formula is C12H16O3S. The van der Waals surface area contributed by atoms with Gasteiger partial charge in [-0.1, -0.05) is 19.4 Å². The van der Waals surface area contributed by atoms with Gasteiger partial charge in [0, 0.05) is 0 Å². The van der Waals surface area contributed by atoms with E-state index in [4.69, 9.17) is 4.74 Å². The molecule has 0 bridgehead atoms. The summed E-state index contributed by atoms with van der Waals surface area (Å²) in [5.41, 5.74) is 0. The van der Waals surface area contributed by atoms with Crippen LogP contribution in [-0.2, 0) is 9.53 Å². The monoisotopic (exact) mass is 240 g/mol. The minimum absolute atomic E-state index is 0.115. The molecule has 0 aliphatic carbocycles. The van der Waals surface area contributed by atoms with E-state index in [0.29, 0.717) is 17.9 Å². The van der Waals surface area contributed by atoms with Gasteiger partial charge in [-0.05, 0) is 24.8 Å². The predicted molar refractivity (Wildman–Crippen MR) is 63.7 cm³/mol. The van der Waals surface area contributed by atoms with Gasteiger partial charge in [-0.25, -0.2) is 0 Å². The van der Waals surface area contributed by atoms with Gasteiger partial charge in [-0.2, -0.15) is 0 Å². The number of ketones is 1. The molecule has 0 amide bonds. The van der Waals surface area contributed by atoms with Gasteiger partial charge in [0.1, 0.15) is 5.92 Å². The van der Waals surface area contributed by atoms with Crippen LogP contribution in [0.5, 0.6) is 0 Å². The van der Waals surface area contributed by atoms with Gasteiger partial charge in [0.2, 0.25) is 0 Å². The van der Waals surface area contributed by atoms with Crippen molar-refractivity contribution in [3.63, 3.8) is 0 Å². The lowest BCUT2D eigenvalue weighted by Gasteiger charge is -2.12. The van der Waals surface area contributed by atoms with Gasteiger partial charge >= 0.3 is 5.97 Å². The number of rotatable bonds is 6. The van der Waals surface area contributed by atoms with Crippen LogP contribution in [0, 0.1) is 5.92 Å². The van der Waals surface area contributed by atoms with Crippen molar-refractivity contribution in [1.82, 2.24) is 0 Å². The van der Waals surface area contributed by atoms with E-state index < -0.39 is 11.9 Å². The second-order valence-electron chi connectivity index (χ2n) is 3.43. The molecule has 1 aromatic rings. The lowest BCUT2D eigenvalue weighted by Crippen LogP contribution is -2.25. The Kier molecular flexibility index (Phi) is 5.19. The number of ether oxygens (including phenoxy) is 1. The summed E-state index contributed by atoms with van der Waals surface area (Å²) in [6.07, 6.45) is 1.34. The Labute approximate surface area is 99.4 Å². The average molecular weight is 240 g/mol. The van der Waals surface area contributed by atoms with Crippen molar-refractivity contribution < 1.29 is 14.3 Å². The topological polar surface area (TPSA) is 43.4 Å². The Balaban J connectivity index is 2.77. The first-order valence-electron chi connectivity index (χ1n) is 5.45. The number of hydrogen-bond acceptors (Lipinski definition) is 4. The fraction of sp³-hybridized carbons (Fsp3) is 0.500. The smallest absolute Gasteiger partial charge is 0.316 e. The fourth-order valence-electron chi connectivity index (χ4n) is 1.48. The van der Waals surface area contributed by atoms with Gasteiger partial charge in [-0.15, -0.1) is 11.3 Å². The second-order valence-corrected chi connectivity index (χ2v) is 4.38. The summed E-state index contributed by atoms with van der Waals surface area (Å²) in [5.74, 6) is -1.15. The van der Waals surface area contributed by atoms with Crippen LogP contribution >= 0.6 is 11.3 Å². The molecule has 88 valence electrons. The normalized spacial score (nSPS) is 12.1. The number of esters is 1. The minimum atomic E-state index is -0.636. The molecule has 1 heterocycles. The van der Waals surface area contributed by atoms with Gasteiger partial charge in [0.05, 0.1) is 11.5 Å². The van der Waals surface area contributed by atoms with Crippen LogP contribution in [0.15, 0.2) is 17.5 Å². The lowest BCUT2D eigenvalue weighted by atomic mass is 9.98. The summed E-state index contributed by atoms with van der Waals surface area (Å²) in [6, 6.07) is 3.56. The SMILES string of the molecule is CCCC(C(=O)OCC)C(=O)c1cccs1. The zero-order chi connectivity index (χ0) is 12.0. The number of thiophene rings is 1. The highest BCUT2D eigenvalue weighted by molar-refractivity contribution is 7.12. The molecule has 0 aliphatic rings. The van der Waals surface area contributed by atoms with E-state index in [0.717, 1.165) is 6.42 Å². The first-order valence-corrected chi connectivity index (χ1v) is 6.33. The Morgan fingerprint density at radius 1 is 1.44 bits per heavy atom. The molecule has 4 heteroatoms. The molecular weight excluding hydrogens is 224 g/mol. The number of hydrogen-bond donors (Lipinski definition) is 0. The number of carbonyl (C=O) groups excluding carboxylic acids is 2. The third-order valence-corrected chi connectivity index (χ3v) is 3.11. The zero-order valence-corrected chi connectivity index (χ0v) is 10.4. The first-order chi connectivity index (χ1) is 7.70. The quantitative estimate of drug-likeness (QED) is 0.436. The lowest BCUT2D eigenvalue weighted by molar-refractivity contribution is -0.146. The van der Waals surface area contributed by atoms with Gasteiger partial charge in [0.25, 0.3) is 0 Å². The molecule has 0 aliphatic heterocycles. The van der Waals surface area contributed by atoms with Crippen LogP contribution in [0.1, 0.15) is 36.4 Å². The maximum atomic E-state index is 12.0. The van der Waals surface area contributed by atoms with Crippen molar-refractivity contribution in [3.05, 3.63) is 22.4 Å². The summed E-state index contributed by atoms with van der Waals surface area (Å²) >= 11 is 1.36. The molecule has 1 rings (SSSR count). The molecule has 0 aromatic carbocycles. The highest BCUT2D eigenvalue weighted by atomic mass is 32.1. The Hall–Kier alpha value is -1.16. The molecule has 1 atom stereocenters. The Morgan fingerprint density at radius 2 is 2.19 bits per heavy atom. The van der Waals surface area contributed by atoms with E-state index >= 15 is 0 Å². The second kappa shape index (κ2) is 6.43. The third-order valence-electron chi connectivity index (χ3n) is 2.23. The molecule has 0 N–H and O–H groups in total. The van der Waals surface area contributed by atoms with E-state index in [-0.39, 0.29) is 5.78 Å². The Morgan fingerprint density at radius 3 is 2.69 bits per heavy atom. The van der Waals surface area contributed by atoms with Gasteiger partial charge < -0.3 is 4.74 Å². The van der Waals surface area contributed by atoms with Gasteiger partial charge in [-0.3, -0.25) is 9.59 Å². The van der Waals surface area contributed by atoms with Crippen LogP contribution in [0.4, 0.5) is 0 Å². The predicted octanol–water partition coefficient (Wildman–Crippen LogP) is 2.91. The maximum absolute atomic E-state index is 12.0. The molecule has 0 radical (unpaired) electrons. The van der Waals surface area contributed by atoms with Crippen LogP contribution in [0.25, 0.3) is 0 Å².